The van der Waals surface area contributed by atoms with Gasteiger partial charge in [-0.15, -0.1) is 0 Å². The maximum Gasteiger partial charge on any atom is 0.240 e. The molecule has 0 aliphatic carbocycles. The molecule has 1 heterocycles. The molecule has 0 spiro atoms. The molecule has 0 saturated carbocycles. The molecule has 0 saturated heterocycles. The van der Waals surface area contributed by atoms with Crippen molar-refractivity contribution in [3.8, 4) is 0 Å². The topological polar surface area (TPSA) is 64.0 Å². The molecule has 1 aromatic carbocycles. The highest BCUT2D eigenvalue weighted by Gasteiger charge is 2.14. The molecule has 108 valence electrons. The van der Waals surface area contributed by atoms with E-state index in [4.69, 9.17) is 0 Å². The van der Waals surface area contributed by atoms with Gasteiger partial charge in [-0.2, -0.15) is 5.10 Å². The van der Waals surface area contributed by atoms with E-state index >= 15 is 0 Å². The number of aromatic nitrogens is 2. The van der Waals surface area contributed by atoms with Crippen molar-refractivity contribution in [2.24, 2.45) is 7.05 Å². The van der Waals surface area contributed by atoms with Gasteiger partial charge < -0.3 is 0 Å². The van der Waals surface area contributed by atoms with Crippen molar-refractivity contribution in [2.45, 2.75) is 18.2 Å². The Balaban J connectivity index is 2.02. The molecular weight excluding hydrogens is 281 g/mol. The van der Waals surface area contributed by atoms with E-state index in [1.54, 1.807) is 17.9 Å². The normalized spacial score (nSPS) is 11.8. The third kappa shape index (κ3) is 3.43. The van der Waals surface area contributed by atoms with Gasteiger partial charge in [0.25, 0.3) is 0 Å². The maximum atomic E-state index is 13.1. The monoisotopic (exact) mass is 297 g/mol. The van der Waals surface area contributed by atoms with Crippen LogP contribution in [0.15, 0.2) is 35.5 Å². The summed E-state index contributed by atoms with van der Waals surface area (Å²) in [7, 11) is -1.81. The van der Waals surface area contributed by atoms with E-state index in [0.717, 1.165) is 11.6 Å². The zero-order valence-electron chi connectivity index (χ0n) is 11.3. The number of nitrogens with zero attached hydrogens (tertiary/aromatic N) is 2. The highest BCUT2D eigenvalue weighted by molar-refractivity contribution is 7.89. The fourth-order valence-corrected chi connectivity index (χ4v) is 2.91. The first kappa shape index (κ1) is 14.7. The minimum Gasteiger partial charge on any atom is -0.276 e. The molecule has 5 nitrogen and oxygen atoms in total. The van der Waals surface area contributed by atoms with Gasteiger partial charge in [0.2, 0.25) is 10.0 Å². The summed E-state index contributed by atoms with van der Waals surface area (Å²) in [4.78, 5) is 0.0718. The Morgan fingerprint density at radius 2 is 2.15 bits per heavy atom. The molecule has 0 atom stereocenters. The average molecular weight is 297 g/mol. The number of hydrogen-bond acceptors (Lipinski definition) is 3. The molecule has 20 heavy (non-hydrogen) atoms. The highest BCUT2D eigenvalue weighted by Crippen LogP contribution is 2.14. The lowest BCUT2D eigenvalue weighted by Gasteiger charge is -2.07. The van der Waals surface area contributed by atoms with Crippen molar-refractivity contribution in [2.75, 3.05) is 6.54 Å². The van der Waals surface area contributed by atoms with Crippen LogP contribution in [0.25, 0.3) is 0 Å². The summed E-state index contributed by atoms with van der Waals surface area (Å²) in [6.45, 7) is 1.80. The van der Waals surface area contributed by atoms with Gasteiger partial charge in [0.1, 0.15) is 5.82 Å². The predicted molar refractivity (Wildman–Crippen MR) is 73.2 cm³/mol. The van der Waals surface area contributed by atoms with E-state index in [2.05, 4.69) is 9.82 Å². The predicted octanol–water partition coefficient (Wildman–Crippen LogP) is 1.39. The quantitative estimate of drug-likeness (QED) is 0.907. The molecule has 0 aliphatic rings. The van der Waals surface area contributed by atoms with Crippen LogP contribution in [-0.2, 0) is 23.5 Å². The van der Waals surface area contributed by atoms with E-state index < -0.39 is 15.8 Å². The van der Waals surface area contributed by atoms with Crippen LogP contribution in [0, 0.1) is 12.7 Å². The number of rotatable bonds is 5. The molecule has 2 aromatic rings. The van der Waals surface area contributed by atoms with Crippen molar-refractivity contribution < 1.29 is 12.8 Å². The Bertz CT molecular complexity index is 710. The molecule has 1 aromatic heterocycles. The second-order valence-corrected chi connectivity index (χ2v) is 6.35. The standard InChI is InChI=1S/C13H16FN3O2S/c1-10-7-12(3-4-13(10)14)20(18,19)16-6-5-11-8-15-17(2)9-11/h3-4,7-9,16H,5-6H2,1-2H3. The first-order chi connectivity index (χ1) is 9.38. The van der Waals surface area contributed by atoms with Gasteiger partial charge in [-0.25, -0.2) is 17.5 Å². The zero-order chi connectivity index (χ0) is 14.8. The minimum atomic E-state index is -3.61. The SMILES string of the molecule is Cc1cc(S(=O)(=O)NCCc2cnn(C)c2)ccc1F. The largest absolute Gasteiger partial charge is 0.276 e. The molecule has 0 bridgehead atoms. The number of aryl methyl sites for hydroxylation is 2. The summed E-state index contributed by atoms with van der Waals surface area (Å²) in [5.41, 5.74) is 1.26. The number of sulfonamides is 1. The average Bonchev–Trinajstić information content (AvgIpc) is 2.78. The Hall–Kier alpha value is -1.73. The third-order valence-electron chi connectivity index (χ3n) is 2.90. The summed E-state index contributed by atoms with van der Waals surface area (Å²) < 4.78 is 41.4. The lowest BCUT2D eigenvalue weighted by molar-refractivity contribution is 0.580. The summed E-state index contributed by atoms with van der Waals surface area (Å²) in [5, 5.41) is 4.01. The highest BCUT2D eigenvalue weighted by atomic mass is 32.2. The molecule has 0 radical (unpaired) electrons. The Morgan fingerprint density at radius 3 is 2.75 bits per heavy atom. The van der Waals surface area contributed by atoms with Crippen LogP contribution in [-0.4, -0.2) is 24.7 Å². The van der Waals surface area contributed by atoms with Crippen LogP contribution in [0.4, 0.5) is 4.39 Å². The second-order valence-electron chi connectivity index (χ2n) is 4.58. The van der Waals surface area contributed by atoms with Crippen LogP contribution in [0.2, 0.25) is 0 Å². The molecule has 0 fully saturated rings. The van der Waals surface area contributed by atoms with E-state index in [1.807, 2.05) is 6.20 Å². The van der Waals surface area contributed by atoms with E-state index in [9.17, 15) is 12.8 Å². The summed E-state index contributed by atoms with van der Waals surface area (Å²) >= 11 is 0. The zero-order valence-corrected chi connectivity index (χ0v) is 12.1. The lowest BCUT2D eigenvalue weighted by atomic mass is 10.2. The summed E-state index contributed by atoms with van der Waals surface area (Å²) in [5.74, 6) is -0.417. The Kier molecular flexibility index (Phi) is 4.20. The molecule has 7 heteroatoms. The molecule has 0 amide bonds. The fraction of sp³-hybridized carbons (Fsp3) is 0.308. The number of nitrogens with one attached hydrogen (secondary N) is 1. The van der Waals surface area contributed by atoms with Crippen LogP contribution >= 0.6 is 0 Å². The van der Waals surface area contributed by atoms with Gasteiger partial charge in [0.15, 0.2) is 0 Å². The smallest absolute Gasteiger partial charge is 0.240 e. The minimum absolute atomic E-state index is 0.0718. The van der Waals surface area contributed by atoms with E-state index in [1.165, 1.54) is 19.1 Å². The van der Waals surface area contributed by atoms with Crippen LogP contribution < -0.4 is 4.72 Å². The molecular formula is C13H16FN3O2S. The van der Waals surface area contributed by atoms with Gasteiger partial charge >= 0.3 is 0 Å². The molecule has 0 unspecified atom stereocenters. The van der Waals surface area contributed by atoms with Crippen LogP contribution in [0.5, 0.6) is 0 Å². The number of halogens is 1. The van der Waals surface area contributed by atoms with Gasteiger partial charge in [-0.1, -0.05) is 0 Å². The number of hydrogen-bond donors (Lipinski definition) is 1. The second kappa shape index (κ2) is 5.72. The number of benzene rings is 1. The van der Waals surface area contributed by atoms with Gasteiger partial charge in [-0.3, -0.25) is 4.68 Å². The lowest BCUT2D eigenvalue weighted by Crippen LogP contribution is -2.26. The molecule has 1 N–H and O–H groups in total. The van der Waals surface area contributed by atoms with E-state index in [0.29, 0.717) is 12.0 Å². The van der Waals surface area contributed by atoms with Gasteiger partial charge in [0, 0.05) is 19.8 Å². The first-order valence-corrected chi connectivity index (χ1v) is 7.60. The maximum absolute atomic E-state index is 13.1. The van der Waals surface area contributed by atoms with E-state index in [-0.39, 0.29) is 11.4 Å². The van der Waals surface area contributed by atoms with Crippen molar-refractivity contribution in [1.82, 2.24) is 14.5 Å². The van der Waals surface area contributed by atoms with Crippen molar-refractivity contribution in [3.63, 3.8) is 0 Å². The van der Waals surface area contributed by atoms with Crippen molar-refractivity contribution in [3.05, 3.63) is 47.5 Å². The van der Waals surface area contributed by atoms with Gasteiger partial charge in [-0.05, 0) is 42.7 Å². The molecule has 0 aliphatic heterocycles. The summed E-state index contributed by atoms with van der Waals surface area (Å²) in [6, 6.07) is 3.74. The summed E-state index contributed by atoms with van der Waals surface area (Å²) in [6.07, 6.45) is 4.07. The Labute approximate surface area is 117 Å². The van der Waals surface area contributed by atoms with Crippen molar-refractivity contribution in [1.29, 1.82) is 0 Å². The first-order valence-electron chi connectivity index (χ1n) is 6.12. The van der Waals surface area contributed by atoms with Crippen LogP contribution in [0.3, 0.4) is 0 Å². The molecule has 2 rings (SSSR count). The van der Waals surface area contributed by atoms with Crippen LogP contribution in [0.1, 0.15) is 11.1 Å². The van der Waals surface area contributed by atoms with Gasteiger partial charge in [0.05, 0.1) is 11.1 Å². The Morgan fingerprint density at radius 1 is 1.40 bits per heavy atom. The van der Waals surface area contributed by atoms with Crippen molar-refractivity contribution >= 4 is 10.0 Å². The fourth-order valence-electron chi connectivity index (χ4n) is 1.80. The third-order valence-corrected chi connectivity index (χ3v) is 4.36.